The highest BCUT2D eigenvalue weighted by atomic mass is 32.2. The highest BCUT2D eigenvalue weighted by Gasteiger charge is 2.42. The van der Waals surface area contributed by atoms with Gasteiger partial charge in [-0.15, -0.1) is 0 Å². The first-order chi connectivity index (χ1) is 9.90. The van der Waals surface area contributed by atoms with E-state index in [0.29, 0.717) is 12.2 Å². The third-order valence-corrected chi connectivity index (χ3v) is 6.63. The van der Waals surface area contributed by atoms with Gasteiger partial charge in [0.25, 0.3) is 0 Å². The summed E-state index contributed by atoms with van der Waals surface area (Å²) < 4.78 is 50.4. The highest BCUT2D eigenvalue weighted by Crippen LogP contribution is 2.38. The second-order valence-electron chi connectivity index (χ2n) is 6.42. The van der Waals surface area contributed by atoms with E-state index in [9.17, 15) is 17.4 Å². The van der Waals surface area contributed by atoms with Crippen LogP contribution in [0.3, 0.4) is 0 Å². The van der Waals surface area contributed by atoms with Crippen LogP contribution in [0.4, 0.5) is 13.2 Å². The summed E-state index contributed by atoms with van der Waals surface area (Å²) in [6.07, 6.45) is 1.80. The van der Waals surface area contributed by atoms with Crippen LogP contribution in [0.1, 0.15) is 58.3 Å². The second kappa shape index (κ2) is 7.44. The highest BCUT2D eigenvalue weighted by molar-refractivity contribution is 7.85. The van der Waals surface area contributed by atoms with Gasteiger partial charge in [0.2, 0.25) is 0 Å². The lowest BCUT2D eigenvalue weighted by Crippen LogP contribution is -2.46. The molecule has 1 N–H and O–H groups in total. The van der Waals surface area contributed by atoms with Gasteiger partial charge in [0.15, 0.2) is 0 Å². The predicted octanol–water partition coefficient (Wildman–Crippen LogP) is 3.78. The molecule has 0 aliphatic heterocycles. The first kappa shape index (κ1) is 17.3. The zero-order valence-electron chi connectivity index (χ0n) is 12.6. The van der Waals surface area contributed by atoms with E-state index in [1.54, 1.807) is 0 Å². The molecule has 0 aromatic heterocycles. The molecule has 21 heavy (non-hydrogen) atoms. The van der Waals surface area contributed by atoms with Gasteiger partial charge >= 0.3 is 6.18 Å². The summed E-state index contributed by atoms with van der Waals surface area (Å²) in [4.78, 5) is 0. The van der Waals surface area contributed by atoms with Crippen LogP contribution in [0, 0.1) is 5.92 Å². The number of halogens is 3. The summed E-state index contributed by atoms with van der Waals surface area (Å²) in [5, 5.41) is 3.66. The molecular weight excluding hydrogens is 299 g/mol. The molecule has 0 radical (unpaired) electrons. The van der Waals surface area contributed by atoms with E-state index >= 15 is 0 Å². The standard InChI is InChI=1S/C15H26F3NOS/c1-2-21(20)14-8-4-7-13(10-14)19-12-6-3-5-11(9-12)15(16,17)18/h11-14,19H,2-10H2,1H3. The SMILES string of the molecule is CCS(=O)C1CCCC(NC2CCCC(C(F)(F)F)C2)C1. The van der Waals surface area contributed by atoms with Crippen molar-refractivity contribution in [3.8, 4) is 0 Å². The van der Waals surface area contributed by atoms with Crippen molar-refractivity contribution in [1.82, 2.24) is 5.32 Å². The lowest BCUT2D eigenvalue weighted by Gasteiger charge is -2.36. The Balaban J connectivity index is 1.85. The maximum atomic E-state index is 12.8. The van der Waals surface area contributed by atoms with Crippen LogP contribution in [0.25, 0.3) is 0 Å². The topological polar surface area (TPSA) is 29.1 Å². The Morgan fingerprint density at radius 2 is 1.67 bits per heavy atom. The Morgan fingerprint density at radius 1 is 1.05 bits per heavy atom. The minimum atomic E-state index is -4.06. The summed E-state index contributed by atoms with van der Waals surface area (Å²) in [5.74, 6) is -0.468. The van der Waals surface area contributed by atoms with Crippen molar-refractivity contribution < 1.29 is 17.4 Å². The maximum absolute atomic E-state index is 12.8. The molecule has 2 fully saturated rings. The van der Waals surface area contributed by atoms with Crippen molar-refractivity contribution in [2.75, 3.05) is 5.75 Å². The molecule has 0 spiro atoms. The zero-order chi connectivity index (χ0) is 15.5. The Kier molecular flexibility index (Phi) is 6.12. The van der Waals surface area contributed by atoms with Gasteiger partial charge in [-0.05, 0) is 38.5 Å². The van der Waals surface area contributed by atoms with Gasteiger partial charge in [0, 0.05) is 33.9 Å². The first-order valence-electron chi connectivity index (χ1n) is 8.10. The maximum Gasteiger partial charge on any atom is 0.391 e. The van der Waals surface area contributed by atoms with Gasteiger partial charge in [0.1, 0.15) is 0 Å². The Bertz CT molecular complexity index is 361. The molecule has 2 rings (SSSR count). The van der Waals surface area contributed by atoms with Crippen LogP contribution in [0.5, 0.6) is 0 Å². The van der Waals surface area contributed by atoms with Crippen molar-refractivity contribution in [3.05, 3.63) is 0 Å². The molecule has 124 valence electrons. The summed E-state index contributed by atoms with van der Waals surface area (Å²) >= 11 is 0. The molecule has 6 heteroatoms. The number of rotatable bonds is 4. The van der Waals surface area contributed by atoms with E-state index in [0.717, 1.165) is 32.1 Å². The molecule has 2 saturated carbocycles. The Hall–Kier alpha value is -0.100. The molecule has 2 aliphatic rings. The molecule has 0 bridgehead atoms. The third kappa shape index (κ3) is 4.95. The summed E-state index contributed by atoms with van der Waals surface area (Å²) in [6, 6.07) is 0.223. The van der Waals surface area contributed by atoms with Crippen LogP contribution >= 0.6 is 0 Å². The van der Waals surface area contributed by atoms with Crippen molar-refractivity contribution in [3.63, 3.8) is 0 Å². The van der Waals surface area contributed by atoms with E-state index in [1.807, 2.05) is 6.92 Å². The molecular formula is C15H26F3NOS. The van der Waals surface area contributed by atoms with Crippen LogP contribution in [0.2, 0.25) is 0 Å². The average molecular weight is 325 g/mol. The molecule has 0 saturated heterocycles. The molecule has 0 aromatic rings. The molecule has 2 nitrogen and oxygen atoms in total. The monoisotopic (exact) mass is 325 g/mol. The molecule has 0 heterocycles. The quantitative estimate of drug-likeness (QED) is 0.852. The number of nitrogens with one attached hydrogen (secondary N) is 1. The van der Waals surface area contributed by atoms with Gasteiger partial charge in [-0.2, -0.15) is 13.2 Å². The Labute approximate surface area is 127 Å². The van der Waals surface area contributed by atoms with Gasteiger partial charge in [-0.25, -0.2) is 0 Å². The largest absolute Gasteiger partial charge is 0.391 e. The predicted molar refractivity (Wildman–Crippen MR) is 79.7 cm³/mol. The molecule has 0 aromatic carbocycles. The van der Waals surface area contributed by atoms with Crippen LogP contribution in [-0.4, -0.2) is 33.5 Å². The van der Waals surface area contributed by atoms with E-state index in [2.05, 4.69) is 5.32 Å². The van der Waals surface area contributed by atoms with Crippen LogP contribution < -0.4 is 5.32 Å². The lowest BCUT2D eigenvalue weighted by molar-refractivity contribution is -0.183. The first-order valence-corrected chi connectivity index (χ1v) is 9.48. The van der Waals surface area contributed by atoms with Crippen molar-refractivity contribution in [2.45, 2.75) is 81.8 Å². The van der Waals surface area contributed by atoms with Gasteiger partial charge in [-0.1, -0.05) is 19.8 Å². The van der Waals surface area contributed by atoms with E-state index in [1.165, 1.54) is 0 Å². The molecule has 5 unspecified atom stereocenters. The zero-order valence-corrected chi connectivity index (χ0v) is 13.4. The van der Waals surface area contributed by atoms with Crippen LogP contribution in [0.15, 0.2) is 0 Å². The molecule has 0 amide bonds. The van der Waals surface area contributed by atoms with E-state index < -0.39 is 22.9 Å². The van der Waals surface area contributed by atoms with Crippen molar-refractivity contribution in [2.24, 2.45) is 5.92 Å². The minimum Gasteiger partial charge on any atom is -0.311 e. The van der Waals surface area contributed by atoms with E-state index in [4.69, 9.17) is 0 Å². The lowest BCUT2D eigenvalue weighted by atomic mass is 9.84. The fourth-order valence-electron chi connectivity index (χ4n) is 3.74. The second-order valence-corrected chi connectivity index (χ2v) is 8.43. The molecule has 2 aliphatic carbocycles. The number of hydrogen-bond acceptors (Lipinski definition) is 2. The average Bonchev–Trinajstić information content (AvgIpc) is 2.46. The van der Waals surface area contributed by atoms with Crippen molar-refractivity contribution >= 4 is 10.8 Å². The van der Waals surface area contributed by atoms with Crippen LogP contribution in [-0.2, 0) is 10.8 Å². The minimum absolute atomic E-state index is 0.0239. The normalized spacial score (nSPS) is 36.4. The summed E-state index contributed by atoms with van der Waals surface area (Å²) in [6.45, 7) is 1.93. The third-order valence-electron chi connectivity index (χ3n) is 4.89. The fourth-order valence-corrected chi connectivity index (χ4v) is 5.09. The number of hydrogen-bond donors (Lipinski definition) is 1. The summed E-state index contributed by atoms with van der Waals surface area (Å²) in [5.41, 5.74) is 0. The van der Waals surface area contributed by atoms with E-state index in [-0.39, 0.29) is 30.2 Å². The number of alkyl halides is 3. The van der Waals surface area contributed by atoms with Gasteiger partial charge in [0.05, 0.1) is 5.92 Å². The van der Waals surface area contributed by atoms with Gasteiger partial charge < -0.3 is 5.32 Å². The van der Waals surface area contributed by atoms with Gasteiger partial charge in [-0.3, -0.25) is 4.21 Å². The smallest absolute Gasteiger partial charge is 0.311 e. The summed E-state index contributed by atoms with van der Waals surface area (Å²) in [7, 11) is -0.782. The Morgan fingerprint density at radius 3 is 2.29 bits per heavy atom. The van der Waals surface area contributed by atoms with Crippen molar-refractivity contribution in [1.29, 1.82) is 0 Å². The molecule has 5 atom stereocenters. The fraction of sp³-hybridized carbons (Fsp3) is 1.00.